The van der Waals surface area contributed by atoms with Crippen LogP contribution in [-0.4, -0.2) is 29.7 Å². The van der Waals surface area contributed by atoms with Crippen molar-refractivity contribution >= 4 is 20.8 Å². The van der Waals surface area contributed by atoms with Crippen molar-refractivity contribution in [3.63, 3.8) is 0 Å². The number of hydrogen-bond donors (Lipinski definition) is 1. The van der Waals surface area contributed by atoms with Crippen LogP contribution in [0.3, 0.4) is 0 Å². The molecule has 3 aromatic rings. The smallest absolute Gasteiger partial charge is 0.260 e. The number of benzene rings is 2. The van der Waals surface area contributed by atoms with Crippen molar-refractivity contribution in [1.82, 2.24) is 14.3 Å². The third-order valence-corrected chi connectivity index (χ3v) is 5.11. The number of H-pyrrole nitrogens is 1. The van der Waals surface area contributed by atoms with Crippen molar-refractivity contribution in [1.29, 1.82) is 0 Å². The first-order chi connectivity index (χ1) is 10.1. The Labute approximate surface area is 123 Å². The van der Waals surface area contributed by atoms with E-state index in [1.54, 1.807) is 7.05 Å². The third-order valence-electron chi connectivity index (χ3n) is 3.38. The van der Waals surface area contributed by atoms with Gasteiger partial charge < -0.3 is 4.98 Å². The first-order valence-corrected chi connectivity index (χ1v) is 7.94. The van der Waals surface area contributed by atoms with Gasteiger partial charge >= 0.3 is 0 Å². The molecule has 0 unspecified atom stereocenters. The molecule has 1 aromatic heterocycles. The van der Waals surface area contributed by atoms with Crippen LogP contribution in [0, 0.1) is 0 Å². The van der Waals surface area contributed by atoms with E-state index in [2.05, 4.69) is 9.97 Å². The van der Waals surface area contributed by atoms with Gasteiger partial charge in [0.05, 0.1) is 12.5 Å². The summed E-state index contributed by atoms with van der Waals surface area (Å²) in [7, 11) is -1.97. The minimum atomic E-state index is -3.53. The van der Waals surface area contributed by atoms with Crippen LogP contribution in [0.25, 0.3) is 10.8 Å². The molecule has 6 heteroatoms. The normalized spacial score (nSPS) is 12.1. The second-order valence-electron chi connectivity index (χ2n) is 4.86. The molecule has 0 aliphatic heterocycles. The second kappa shape index (κ2) is 5.31. The van der Waals surface area contributed by atoms with Gasteiger partial charge in [-0.25, -0.2) is 13.4 Å². The lowest BCUT2D eigenvalue weighted by Gasteiger charge is -2.16. The molecule has 0 aliphatic rings. The summed E-state index contributed by atoms with van der Waals surface area (Å²) in [6.07, 6.45) is 2.67. The lowest BCUT2D eigenvalue weighted by Crippen LogP contribution is -2.26. The Kier molecular flexibility index (Phi) is 3.48. The molecule has 0 spiro atoms. The van der Waals surface area contributed by atoms with Gasteiger partial charge in [-0.1, -0.05) is 36.4 Å². The van der Waals surface area contributed by atoms with E-state index >= 15 is 0 Å². The molecule has 1 heterocycles. The Bertz CT molecular complexity index is 858. The Balaban J connectivity index is 1.88. The van der Waals surface area contributed by atoms with Crippen LogP contribution in [0.4, 0.5) is 0 Å². The fourth-order valence-corrected chi connectivity index (χ4v) is 3.28. The lowest BCUT2D eigenvalue weighted by atomic mass is 10.1. The summed E-state index contributed by atoms with van der Waals surface area (Å²) in [5.41, 5.74) is 0.944. The predicted molar refractivity (Wildman–Crippen MR) is 81.2 cm³/mol. The summed E-state index contributed by atoms with van der Waals surface area (Å²) >= 11 is 0. The summed E-state index contributed by atoms with van der Waals surface area (Å²) in [5, 5.41) is 2.34. The molecule has 108 valence electrons. The van der Waals surface area contributed by atoms with E-state index in [0.717, 1.165) is 16.3 Å². The maximum Gasteiger partial charge on any atom is 0.260 e. The van der Waals surface area contributed by atoms with Crippen LogP contribution >= 0.6 is 0 Å². The number of hydrogen-bond acceptors (Lipinski definition) is 3. The van der Waals surface area contributed by atoms with Crippen LogP contribution < -0.4 is 0 Å². The zero-order valence-corrected chi connectivity index (χ0v) is 12.3. The largest absolute Gasteiger partial charge is 0.335 e. The van der Waals surface area contributed by atoms with Crippen LogP contribution in [0.2, 0.25) is 0 Å². The van der Waals surface area contributed by atoms with E-state index in [0.29, 0.717) is 6.54 Å². The lowest BCUT2D eigenvalue weighted by molar-refractivity contribution is 0.464. The summed E-state index contributed by atoms with van der Waals surface area (Å²) in [6.45, 7) is 0.312. The van der Waals surface area contributed by atoms with Gasteiger partial charge in [0, 0.05) is 13.6 Å². The molecule has 21 heavy (non-hydrogen) atoms. The highest BCUT2D eigenvalue weighted by Gasteiger charge is 2.22. The first kappa shape index (κ1) is 13.8. The molecule has 0 aliphatic carbocycles. The zero-order valence-electron chi connectivity index (χ0n) is 11.5. The van der Waals surface area contributed by atoms with Crippen molar-refractivity contribution < 1.29 is 8.42 Å². The number of nitrogens with zero attached hydrogens (tertiary/aromatic N) is 2. The fourth-order valence-electron chi connectivity index (χ4n) is 2.23. The molecule has 0 atom stereocenters. The molecular weight excluding hydrogens is 286 g/mol. The topological polar surface area (TPSA) is 66.1 Å². The zero-order chi connectivity index (χ0) is 14.9. The number of rotatable bonds is 4. The van der Waals surface area contributed by atoms with Gasteiger partial charge in [-0.05, 0) is 22.4 Å². The summed E-state index contributed by atoms with van der Waals surface area (Å²) in [4.78, 5) is 6.39. The Morgan fingerprint density at radius 1 is 1.14 bits per heavy atom. The average Bonchev–Trinajstić information content (AvgIpc) is 3.02. The maximum atomic E-state index is 12.3. The van der Waals surface area contributed by atoms with E-state index in [4.69, 9.17) is 0 Å². The van der Waals surface area contributed by atoms with Crippen molar-refractivity contribution in [3.05, 3.63) is 60.6 Å². The minimum Gasteiger partial charge on any atom is -0.335 e. The van der Waals surface area contributed by atoms with E-state index in [9.17, 15) is 8.42 Å². The number of sulfonamides is 1. The molecule has 0 saturated heterocycles. The van der Waals surface area contributed by atoms with E-state index < -0.39 is 10.0 Å². The molecule has 2 aromatic carbocycles. The number of aromatic amines is 1. The molecule has 0 fully saturated rings. The third kappa shape index (κ3) is 2.68. The van der Waals surface area contributed by atoms with Gasteiger partial charge in [0.2, 0.25) is 0 Å². The van der Waals surface area contributed by atoms with Gasteiger partial charge in [0.15, 0.2) is 5.03 Å². The van der Waals surface area contributed by atoms with Crippen molar-refractivity contribution in [2.45, 2.75) is 11.6 Å². The van der Waals surface area contributed by atoms with E-state index in [1.807, 2.05) is 42.5 Å². The van der Waals surface area contributed by atoms with Gasteiger partial charge in [-0.15, -0.1) is 0 Å². The van der Waals surface area contributed by atoms with Crippen molar-refractivity contribution in [2.75, 3.05) is 7.05 Å². The standard InChI is InChI=1S/C15H15N3O2S/c1-18(21(19,20)15-9-16-11-17-15)10-12-6-7-13-4-2-3-5-14(13)8-12/h2-9,11H,10H2,1H3,(H,16,17). The van der Waals surface area contributed by atoms with Gasteiger partial charge in [0.25, 0.3) is 10.0 Å². The first-order valence-electron chi connectivity index (χ1n) is 6.50. The molecule has 0 saturated carbocycles. The van der Waals surface area contributed by atoms with Gasteiger partial charge in [0.1, 0.15) is 0 Å². The van der Waals surface area contributed by atoms with Crippen LogP contribution in [0.15, 0.2) is 60.0 Å². The Morgan fingerprint density at radius 2 is 1.90 bits per heavy atom. The molecule has 1 N–H and O–H groups in total. The predicted octanol–water partition coefficient (Wildman–Crippen LogP) is 2.38. The molecule has 0 radical (unpaired) electrons. The maximum absolute atomic E-state index is 12.3. The van der Waals surface area contributed by atoms with Crippen molar-refractivity contribution in [2.24, 2.45) is 0 Å². The Hall–Kier alpha value is -2.18. The quantitative estimate of drug-likeness (QED) is 0.804. The average molecular weight is 301 g/mol. The molecule has 5 nitrogen and oxygen atoms in total. The monoisotopic (exact) mass is 301 g/mol. The molecular formula is C15H15N3O2S. The molecule has 0 bridgehead atoms. The SMILES string of the molecule is CN(Cc1ccc2ccccc2c1)S(=O)(=O)c1cnc[nH]1. The Morgan fingerprint density at radius 3 is 2.62 bits per heavy atom. The van der Waals surface area contributed by atoms with Gasteiger partial charge in [-0.2, -0.15) is 4.31 Å². The van der Waals surface area contributed by atoms with Crippen LogP contribution in [0.1, 0.15) is 5.56 Å². The highest BCUT2D eigenvalue weighted by Crippen LogP contribution is 2.19. The highest BCUT2D eigenvalue weighted by atomic mass is 32.2. The minimum absolute atomic E-state index is 0.103. The summed E-state index contributed by atoms with van der Waals surface area (Å²) in [5.74, 6) is 0. The molecule has 3 rings (SSSR count). The number of fused-ring (bicyclic) bond motifs is 1. The number of imidazole rings is 1. The molecule has 0 amide bonds. The van der Waals surface area contributed by atoms with Crippen molar-refractivity contribution in [3.8, 4) is 0 Å². The summed E-state index contributed by atoms with van der Waals surface area (Å²) < 4.78 is 25.9. The van der Waals surface area contributed by atoms with Crippen LogP contribution in [-0.2, 0) is 16.6 Å². The van der Waals surface area contributed by atoms with Gasteiger partial charge in [-0.3, -0.25) is 0 Å². The number of nitrogens with one attached hydrogen (secondary N) is 1. The van der Waals surface area contributed by atoms with E-state index in [-0.39, 0.29) is 5.03 Å². The van der Waals surface area contributed by atoms with Crippen LogP contribution in [0.5, 0.6) is 0 Å². The fraction of sp³-hybridized carbons (Fsp3) is 0.133. The summed E-state index contributed by atoms with van der Waals surface area (Å²) in [6, 6.07) is 14.0. The highest BCUT2D eigenvalue weighted by molar-refractivity contribution is 7.89. The second-order valence-corrected chi connectivity index (χ2v) is 6.87. The number of aromatic nitrogens is 2. The van der Waals surface area contributed by atoms with E-state index in [1.165, 1.54) is 16.8 Å².